The molecule has 0 aliphatic rings. The first-order chi connectivity index (χ1) is 11.1. The summed E-state index contributed by atoms with van der Waals surface area (Å²) in [6, 6.07) is 8.57. The van der Waals surface area contributed by atoms with Crippen LogP contribution in [0.5, 0.6) is 0 Å². The van der Waals surface area contributed by atoms with Crippen LogP contribution < -0.4 is 10.6 Å². The van der Waals surface area contributed by atoms with Crippen molar-refractivity contribution in [3.63, 3.8) is 0 Å². The number of ether oxygens (including phenoxy) is 1. The summed E-state index contributed by atoms with van der Waals surface area (Å²) in [5.41, 5.74) is 1.14. The van der Waals surface area contributed by atoms with Crippen molar-refractivity contribution in [3.05, 3.63) is 52.1 Å². The Balaban J connectivity index is 2.04. The zero-order valence-corrected chi connectivity index (χ0v) is 14.1. The molecule has 2 rings (SSSR count). The van der Waals surface area contributed by atoms with Crippen LogP contribution in [0.1, 0.15) is 16.8 Å². The minimum Gasteiger partial charge on any atom is -0.385 e. The van der Waals surface area contributed by atoms with Crippen LogP contribution in [0.2, 0.25) is 10.0 Å². The Morgan fingerprint density at radius 2 is 2.13 bits per heavy atom. The van der Waals surface area contributed by atoms with E-state index in [9.17, 15) is 4.79 Å². The minimum absolute atomic E-state index is 0.163. The van der Waals surface area contributed by atoms with E-state index in [1.807, 2.05) is 0 Å². The van der Waals surface area contributed by atoms with Gasteiger partial charge < -0.3 is 15.4 Å². The van der Waals surface area contributed by atoms with Crippen molar-refractivity contribution in [2.45, 2.75) is 6.42 Å². The van der Waals surface area contributed by atoms with Gasteiger partial charge in [0.25, 0.3) is 5.91 Å². The average molecular weight is 354 g/mol. The van der Waals surface area contributed by atoms with Crippen LogP contribution in [0.15, 0.2) is 36.5 Å². The first-order valence-electron chi connectivity index (χ1n) is 7.06. The average Bonchev–Trinajstić information content (AvgIpc) is 2.56. The summed E-state index contributed by atoms with van der Waals surface area (Å²) in [5, 5.41) is 6.74. The van der Waals surface area contributed by atoms with Crippen molar-refractivity contribution in [3.8, 4) is 0 Å². The van der Waals surface area contributed by atoms with Gasteiger partial charge in [0.1, 0.15) is 5.82 Å². The molecule has 0 atom stereocenters. The van der Waals surface area contributed by atoms with Gasteiger partial charge in [0.05, 0.1) is 15.7 Å². The van der Waals surface area contributed by atoms with Crippen molar-refractivity contribution in [2.75, 3.05) is 25.6 Å². The fraction of sp³-hybridized carbons (Fsp3) is 0.250. The first-order valence-corrected chi connectivity index (χ1v) is 7.81. The molecule has 2 N–H and O–H groups in total. The van der Waals surface area contributed by atoms with E-state index in [0.717, 1.165) is 6.42 Å². The van der Waals surface area contributed by atoms with Gasteiger partial charge in [-0.15, -0.1) is 0 Å². The number of benzene rings is 1. The number of nitrogens with zero attached hydrogens (tertiary/aromatic N) is 1. The zero-order chi connectivity index (χ0) is 16.7. The predicted octanol–water partition coefficient (Wildman–Crippen LogP) is 3.90. The van der Waals surface area contributed by atoms with Gasteiger partial charge in [-0.1, -0.05) is 29.3 Å². The Bertz CT molecular complexity index is 680. The maximum absolute atomic E-state index is 12.1. The van der Waals surface area contributed by atoms with Crippen LogP contribution in [-0.2, 0) is 4.74 Å². The van der Waals surface area contributed by atoms with E-state index in [0.29, 0.717) is 40.3 Å². The number of aromatic nitrogens is 1. The van der Waals surface area contributed by atoms with E-state index in [1.54, 1.807) is 43.6 Å². The summed E-state index contributed by atoms with van der Waals surface area (Å²) in [7, 11) is 1.63. The van der Waals surface area contributed by atoms with E-state index in [-0.39, 0.29) is 5.91 Å². The van der Waals surface area contributed by atoms with Crippen molar-refractivity contribution in [2.24, 2.45) is 0 Å². The van der Waals surface area contributed by atoms with Crippen LogP contribution in [0, 0.1) is 0 Å². The lowest BCUT2D eigenvalue weighted by atomic mass is 10.2. The van der Waals surface area contributed by atoms with Crippen LogP contribution in [-0.4, -0.2) is 31.2 Å². The van der Waals surface area contributed by atoms with Gasteiger partial charge in [-0.05, 0) is 30.7 Å². The van der Waals surface area contributed by atoms with Crippen LogP contribution in [0.4, 0.5) is 11.5 Å². The summed E-state index contributed by atoms with van der Waals surface area (Å²) >= 11 is 12.1. The van der Waals surface area contributed by atoms with Crippen LogP contribution in [0.25, 0.3) is 0 Å². The lowest BCUT2D eigenvalue weighted by Gasteiger charge is -2.10. The fourth-order valence-electron chi connectivity index (χ4n) is 1.90. The molecule has 0 saturated carbocycles. The molecule has 5 nitrogen and oxygen atoms in total. The maximum atomic E-state index is 12.1. The summed E-state index contributed by atoms with van der Waals surface area (Å²) in [5.74, 6) is 0.349. The minimum atomic E-state index is -0.163. The molecular weight excluding hydrogens is 337 g/mol. The number of amides is 1. The first kappa shape index (κ1) is 17.5. The Kier molecular flexibility index (Phi) is 6.65. The van der Waals surface area contributed by atoms with Gasteiger partial charge in [0.15, 0.2) is 0 Å². The normalized spacial score (nSPS) is 10.4. The Morgan fingerprint density at radius 3 is 2.91 bits per heavy atom. The van der Waals surface area contributed by atoms with E-state index in [2.05, 4.69) is 15.6 Å². The monoisotopic (exact) mass is 353 g/mol. The summed E-state index contributed by atoms with van der Waals surface area (Å²) in [4.78, 5) is 16.3. The van der Waals surface area contributed by atoms with Gasteiger partial charge in [0.2, 0.25) is 0 Å². The molecule has 23 heavy (non-hydrogen) atoms. The summed E-state index contributed by atoms with van der Waals surface area (Å²) in [6.07, 6.45) is 2.32. The van der Waals surface area contributed by atoms with Crippen LogP contribution >= 0.6 is 23.2 Å². The lowest BCUT2D eigenvalue weighted by Crippen LogP contribution is -2.25. The molecule has 0 fully saturated rings. The van der Waals surface area contributed by atoms with Gasteiger partial charge in [-0.3, -0.25) is 4.79 Å². The Morgan fingerprint density at radius 1 is 1.30 bits per heavy atom. The molecule has 0 radical (unpaired) electrons. The second-order valence-electron chi connectivity index (χ2n) is 4.76. The molecule has 1 amide bonds. The number of rotatable bonds is 7. The molecule has 0 aliphatic heterocycles. The lowest BCUT2D eigenvalue weighted by molar-refractivity contribution is 0.0948. The molecule has 0 unspecified atom stereocenters. The molecule has 0 saturated heterocycles. The molecule has 0 bridgehead atoms. The van der Waals surface area contributed by atoms with E-state index < -0.39 is 0 Å². The van der Waals surface area contributed by atoms with Crippen LogP contribution in [0.3, 0.4) is 0 Å². The standard InChI is InChI=1S/C16H17Cl2N3O2/c1-23-9-3-7-20-16(22)11-6-8-19-14(10-11)21-13-5-2-4-12(17)15(13)18/h2,4-6,8,10H,3,7,9H2,1H3,(H,19,21)(H,20,22). The van der Waals surface area contributed by atoms with Crippen molar-refractivity contribution in [1.29, 1.82) is 0 Å². The van der Waals surface area contributed by atoms with Gasteiger partial charge >= 0.3 is 0 Å². The summed E-state index contributed by atoms with van der Waals surface area (Å²) in [6.45, 7) is 1.16. The number of methoxy groups -OCH3 is 1. The molecule has 1 aromatic carbocycles. The van der Waals surface area contributed by atoms with Gasteiger partial charge in [0, 0.05) is 32.0 Å². The summed E-state index contributed by atoms with van der Waals surface area (Å²) < 4.78 is 4.94. The molecule has 0 spiro atoms. The van der Waals surface area contributed by atoms with Crippen molar-refractivity contribution in [1.82, 2.24) is 10.3 Å². The number of pyridine rings is 1. The molecule has 122 valence electrons. The fourth-order valence-corrected chi connectivity index (χ4v) is 2.25. The molecule has 1 aromatic heterocycles. The number of halogens is 2. The predicted molar refractivity (Wildman–Crippen MR) is 92.8 cm³/mol. The quantitative estimate of drug-likeness (QED) is 0.741. The van der Waals surface area contributed by atoms with Crippen molar-refractivity contribution < 1.29 is 9.53 Å². The molecule has 0 aliphatic carbocycles. The second-order valence-corrected chi connectivity index (χ2v) is 5.54. The maximum Gasteiger partial charge on any atom is 0.251 e. The second kappa shape index (κ2) is 8.72. The highest BCUT2D eigenvalue weighted by atomic mass is 35.5. The molecular formula is C16H17Cl2N3O2. The van der Waals surface area contributed by atoms with E-state index >= 15 is 0 Å². The molecule has 2 aromatic rings. The number of hydrogen-bond donors (Lipinski definition) is 2. The largest absolute Gasteiger partial charge is 0.385 e. The highest BCUT2D eigenvalue weighted by Gasteiger charge is 2.09. The Hall–Kier alpha value is -1.82. The third-order valence-electron chi connectivity index (χ3n) is 3.05. The highest BCUT2D eigenvalue weighted by Crippen LogP contribution is 2.31. The van der Waals surface area contributed by atoms with E-state index in [4.69, 9.17) is 27.9 Å². The van der Waals surface area contributed by atoms with Gasteiger partial charge in [-0.25, -0.2) is 4.98 Å². The van der Waals surface area contributed by atoms with Crippen molar-refractivity contribution >= 4 is 40.6 Å². The van der Waals surface area contributed by atoms with Gasteiger partial charge in [-0.2, -0.15) is 0 Å². The highest BCUT2D eigenvalue weighted by molar-refractivity contribution is 6.43. The Labute approximate surface area is 145 Å². The number of hydrogen-bond acceptors (Lipinski definition) is 4. The topological polar surface area (TPSA) is 63.2 Å². The SMILES string of the molecule is COCCCNC(=O)c1ccnc(Nc2cccc(Cl)c2Cl)c1. The third kappa shape index (κ3) is 5.10. The smallest absolute Gasteiger partial charge is 0.251 e. The number of nitrogens with one attached hydrogen (secondary N) is 2. The number of carbonyl (C=O) groups is 1. The number of anilines is 2. The van der Waals surface area contributed by atoms with E-state index in [1.165, 1.54) is 0 Å². The molecule has 7 heteroatoms. The molecule has 1 heterocycles. The zero-order valence-electron chi connectivity index (χ0n) is 12.6. The third-order valence-corrected chi connectivity index (χ3v) is 3.87. The number of carbonyl (C=O) groups excluding carboxylic acids is 1.